The van der Waals surface area contributed by atoms with Gasteiger partial charge in [0, 0.05) is 12.5 Å². The van der Waals surface area contributed by atoms with Gasteiger partial charge in [-0.2, -0.15) is 0 Å². The summed E-state index contributed by atoms with van der Waals surface area (Å²) in [6.45, 7) is 3.41. The summed E-state index contributed by atoms with van der Waals surface area (Å²) >= 11 is 0. The Morgan fingerprint density at radius 1 is 1.42 bits per heavy atom. The number of hydrogen-bond donors (Lipinski definition) is 1. The van der Waals surface area contributed by atoms with Gasteiger partial charge in [-0.3, -0.25) is 0 Å². The lowest BCUT2D eigenvalue weighted by Crippen LogP contribution is -2.28. The van der Waals surface area contributed by atoms with Gasteiger partial charge in [-0.05, 0) is 30.5 Å². The van der Waals surface area contributed by atoms with Crippen molar-refractivity contribution in [1.29, 1.82) is 0 Å². The predicted octanol–water partition coefficient (Wildman–Crippen LogP) is 1.95. The van der Waals surface area contributed by atoms with Crippen LogP contribution in [0.3, 0.4) is 0 Å². The maximum absolute atomic E-state index is 13.9. The standard InChI is InChI=1S/C14H20FNO2S/c1-2-16-9-13(11-7-8-19(17,18)10-11)12-5-3-4-6-14(12)15/h3-6,11,13,16H,2,7-10H2,1H3. The van der Waals surface area contributed by atoms with Crippen molar-refractivity contribution >= 4 is 9.84 Å². The predicted molar refractivity (Wildman–Crippen MR) is 74.4 cm³/mol. The molecule has 19 heavy (non-hydrogen) atoms. The van der Waals surface area contributed by atoms with E-state index < -0.39 is 9.84 Å². The molecule has 1 aliphatic rings. The average molecular weight is 285 g/mol. The zero-order valence-electron chi connectivity index (χ0n) is 11.1. The highest BCUT2D eigenvalue weighted by molar-refractivity contribution is 7.91. The fourth-order valence-corrected chi connectivity index (χ4v) is 4.63. The Labute approximate surface area is 114 Å². The van der Waals surface area contributed by atoms with E-state index in [2.05, 4.69) is 5.32 Å². The van der Waals surface area contributed by atoms with Crippen LogP contribution in [0.2, 0.25) is 0 Å². The minimum absolute atomic E-state index is 0.0148. The molecular weight excluding hydrogens is 265 g/mol. The van der Waals surface area contributed by atoms with Crippen LogP contribution in [-0.2, 0) is 9.84 Å². The van der Waals surface area contributed by atoms with Gasteiger partial charge in [0.1, 0.15) is 5.82 Å². The lowest BCUT2D eigenvalue weighted by atomic mass is 9.85. The first-order valence-corrected chi connectivity index (χ1v) is 8.51. The zero-order valence-corrected chi connectivity index (χ0v) is 11.9. The molecule has 1 fully saturated rings. The second-order valence-electron chi connectivity index (χ2n) is 5.10. The van der Waals surface area contributed by atoms with Gasteiger partial charge in [0.2, 0.25) is 0 Å². The van der Waals surface area contributed by atoms with Crippen LogP contribution in [0, 0.1) is 11.7 Å². The molecule has 0 spiro atoms. The number of sulfone groups is 1. The third kappa shape index (κ3) is 3.54. The van der Waals surface area contributed by atoms with E-state index >= 15 is 0 Å². The molecule has 5 heteroatoms. The summed E-state index contributed by atoms with van der Waals surface area (Å²) in [5.41, 5.74) is 0.630. The lowest BCUT2D eigenvalue weighted by Gasteiger charge is -2.23. The zero-order chi connectivity index (χ0) is 13.9. The molecule has 2 unspecified atom stereocenters. The lowest BCUT2D eigenvalue weighted by molar-refractivity contribution is 0.427. The molecule has 0 amide bonds. The van der Waals surface area contributed by atoms with Gasteiger partial charge in [-0.1, -0.05) is 25.1 Å². The highest BCUT2D eigenvalue weighted by Gasteiger charge is 2.35. The molecule has 0 saturated carbocycles. The largest absolute Gasteiger partial charge is 0.316 e. The molecule has 0 aromatic heterocycles. The molecule has 1 aliphatic heterocycles. The molecule has 1 aromatic rings. The molecule has 1 heterocycles. The van der Waals surface area contributed by atoms with Gasteiger partial charge in [0.25, 0.3) is 0 Å². The maximum atomic E-state index is 13.9. The summed E-state index contributed by atoms with van der Waals surface area (Å²) in [7, 11) is -2.94. The van der Waals surface area contributed by atoms with Gasteiger partial charge in [-0.25, -0.2) is 12.8 Å². The van der Waals surface area contributed by atoms with E-state index in [0.29, 0.717) is 18.5 Å². The maximum Gasteiger partial charge on any atom is 0.150 e. The fraction of sp³-hybridized carbons (Fsp3) is 0.571. The number of hydrogen-bond acceptors (Lipinski definition) is 3. The van der Waals surface area contributed by atoms with Crippen molar-refractivity contribution in [2.75, 3.05) is 24.6 Å². The highest BCUT2D eigenvalue weighted by atomic mass is 32.2. The van der Waals surface area contributed by atoms with Crippen molar-refractivity contribution in [2.24, 2.45) is 5.92 Å². The molecule has 0 bridgehead atoms. The molecule has 106 valence electrons. The van der Waals surface area contributed by atoms with E-state index in [-0.39, 0.29) is 29.2 Å². The van der Waals surface area contributed by atoms with Crippen molar-refractivity contribution in [3.05, 3.63) is 35.6 Å². The summed E-state index contributed by atoms with van der Waals surface area (Å²) in [6.07, 6.45) is 0.632. The summed E-state index contributed by atoms with van der Waals surface area (Å²) in [5, 5.41) is 3.22. The molecule has 1 N–H and O–H groups in total. The van der Waals surface area contributed by atoms with E-state index in [1.54, 1.807) is 18.2 Å². The number of benzene rings is 1. The van der Waals surface area contributed by atoms with Gasteiger partial charge in [-0.15, -0.1) is 0 Å². The van der Waals surface area contributed by atoms with Crippen LogP contribution in [0.4, 0.5) is 4.39 Å². The summed E-state index contributed by atoms with van der Waals surface area (Å²) in [6, 6.07) is 6.68. The minimum atomic E-state index is -2.94. The Kier molecular flexibility index (Phi) is 4.58. The first kappa shape index (κ1) is 14.5. The second-order valence-corrected chi connectivity index (χ2v) is 7.33. The van der Waals surface area contributed by atoms with Crippen molar-refractivity contribution in [3.63, 3.8) is 0 Å². The third-order valence-corrected chi connectivity index (χ3v) is 5.55. The Balaban J connectivity index is 2.24. The van der Waals surface area contributed by atoms with Crippen molar-refractivity contribution in [3.8, 4) is 0 Å². The summed E-state index contributed by atoms with van der Waals surface area (Å²) in [4.78, 5) is 0. The smallest absolute Gasteiger partial charge is 0.150 e. The van der Waals surface area contributed by atoms with Crippen LogP contribution in [0.1, 0.15) is 24.8 Å². The number of nitrogens with one attached hydrogen (secondary N) is 1. The number of halogens is 1. The summed E-state index contributed by atoms with van der Waals surface area (Å²) in [5.74, 6) is 0.112. The van der Waals surface area contributed by atoms with Crippen LogP contribution in [0.25, 0.3) is 0 Å². The van der Waals surface area contributed by atoms with Crippen molar-refractivity contribution in [2.45, 2.75) is 19.3 Å². The van der Waals surface area contributed by atoms with Gasteiger partial charge in [0.05, 0.1) is 11.5 Å². The van der Waals surface area contributed by atoms with Gasteiger partial charge < -0.3 is 5.32 Å². The first-order chi connectivity index (χ1) is 9.03. The Hall–Kier alpha value is -0.940. The average Bonchev–Trinajstić information content (AvgIpc) is 2.72. The molecular formula is C14H20FNO2S. The van der Waals surface area contributed by atoms with Crippen LogP contribution >= 0.6 is 0 Å². The van der Waals surface area contributed by atoms with E-state index in [9.17, 15) is 12.8 Å². The van der Waals surface area contributed by atoms with E-state index in [1.807, 2.05) is 6.92 Å². The van der Waals surface area contributed by atoms with Crippen LogP contribution in [0.5, 0.6) is 0 Å². The second kappa shape index (κ2) is 6.01. The molecule has 0 aliphatic carbocycles. The van der Waals surface area contributed by atoms with E-state index in [1.165, 1.54) is 6.07 Å². The molecule has 1 aromatic carbocycles. The summed E-state index contributed by atoms with van der Waals surface area (Å²) < 4.78 is 37.2. The van der Waals surface area contributed by atoms with Crippen molar-refractivity contribution < 1.29 is 12.8 Å². The normalized spacial score (nSPS) is 23.4. The SMILES string of the molecule is CCNCC(c1ccccc1F)C1CCS(=O)(=O)C1. The third-order valence-electron chi connectivity index (χ3n) is 3.76. The minimum Gasteiger partial charge on any atom is -0.316 e. The Morgan fingerprint density at radius 2 is 2.16 bits per heavy atom. The highest BCUT2D eigenvalue weighted by Crippen LogP contribution is 2.34. The van der Waals surface area contributed by atoms with E-state index in [0.717, 1.165) is 6.54 Å². The van der Waals surface area contributed by atoms with Crippen LogP contribution in [-0.4, -0.2) is 33.0 Å². The monoisotopic (exact) mass is 285 g/mol. The quantitative estimate of drug-likeness (QED) is 0.899. The molecule has 3 nitrogen and oxygen atoms in total. The molecule has 2 atom stereocenters. The number of rotatable bonds is 5. The number of likely N-dealkylation sites (N-methyl/N-ethyl adjacent to an activating group) is 1. The van der Waals surface area contributed by atoms with Crippen molar-refractivity contribution in [1.82, 2.24) is 5.32 Å². The van der Waals surface area contributed by atoms with Crippen LogP contribution < -0.4 is 5.32 Å². The topological polar surface area (TPSA) is 46.2 Å². The molecule has 2 rings (SSSR count). The Morgan fingerprint density at radius 3 is 2.74 bits per heavy atom. The Bertz CT molecular complexity index is 530. The van der Waals surface area contributed by atoms with E-state index in [4.69, 9.17) is 0 Å². The van der Waals surface area contributed by atoms with Gasteiger partial charge >= 0.3 is 0 Å². The van der Waals surface area contributed by atoms with Gasteiger partial charge in [0.15, 0.2) is 9.84 Å². The fourth-order valence-electron chi connectivity index (χ4n) is 2.75. The first-order valence-electron chi connectivity index (χ1n) is 6.69. The molecule has 1 saturated heterocycles. The van der Waals surface area contributed by atoms with Crippen LogP contribution in [0.15, 0.2) is 24.3 Å². The molecule has 0 radical (unpaired) electrons.